The van der Waals surface area contributed by atoms with Gasteiger partial charge in [0.05, 0.1) is 13.2 Å². The summed E-state index contributed by atoms with van der Waals surface area (Å²) in [5, 5.41) is 26.2. The van der Waals surface area contributed by atoms with Crippen molar-refractivity contribution in [2.75, 3.05) is 19.8 Å². The number of carboxylic acids is 1. The Morgan fingerprint density at radius 2 is 2.12 bits per heavy atom. The molecule has 0 spiro atoms. The van der Waals surface area contributed by atoms with Gasteiger partial charge in [-0.05, 0) is 25.8 Å². The lowest BCUT2D eigenvalue weighted by Gasteiger charge is -2.15. The van der Waals surface area contributed by atoms with Crippen molar-refractivity contribution in [2.45, 2.75) is 31.4 Å². The molecule has 0 aliphatic rings. The van der Waals surface area contributed by atoms with Gasteiger partial charge >= 0.3 is 5.97 Å². The predicted molar refractivity (Wildman–Crippen MR) is 56.5 cm³/mol. The fourth-order valence-corrected chi connectivity index (χ4v) is 1.02. The lowest BCUT2D eigenvalue weighted by molar-refractivity contribution is -0.146. The van der Waals surface area contributed by atoms with Gasteiger partial charge in [0.25, 0.3) is 0 Å². The quantitative estimate of drug-likeness (QED) is 0.229. The van der Waals surface area contributed by atoms with E-state index in [0.29, 0.717) is 19.4 Å². The Morgan fingerprint density at radius 3 is 2.62 bits per heavy atom. The lowest BCUT2D eigenvalue weighted by atomic mass is 10.1. The van der Waals surface area contributed by atoms with Gasteiger partial charge in [0.1, 0.15) is 12.1 Å². The zero-order valence-electron chi connectivity index (χ0n) is 9.13. The summed E-state index contributed by atoms with van der Waals surface area (Å²) in [4.78, 5) is 15.5. The minimum absolute atomic E-state index is 0.156. The van der Waals surface area contributed by atoms with E-state index in [1.807, 2.05) is 0 Å². The number of unbranched alkanes of at least 4 members (excludes halogenated alkanes) is 1. The summed E-state index contributed by atoms with van der Waals surface area (Å²) in [6.45, 7) is -0.0554. The van der Waals surface area contributed by atoms with Crippen molar-refractivity contribution >= 4 is 5.97 Å². The maximum atomic E-state index is 10.8. The third-order valence-electron chi connectivity index (χ3n) is 1.96. The van der Waals surface area contributed by atoms with Gasteiger partial charge in [-0.3, -0.25) is 9.63 Å². The smallest absolute Gasteiger partial charge is 0.323 e. The topological polar surface area (TPSA) is 125 Å². The Morgan fingerprint density at radius 1 is 1.44 bits per heavy atom. The monoisotopic (exact) mass is 236 g/mol. The third-order valence-corrected chi connectivity index (χ3v) is 1.96. The molecular formula is C9H20N2O5. The average molecular weight is 236 g/mol. The van der Waals surface area contributed by atoms with Crippen LogP contribution in [0.4, 0.5) is 0 Å². The van der Waals surface area contributed by atoms with Crippen molar-refractivity contribution < 1.29 is 25.0 Å². The van der Waals surface area contributed by atoms with E-state index in [0.717, 1.165) is 6.42 Å². The SMILES string of the molecule is NCCCC[C@H](NOCC(O)CO)C(=O)O. The highest BCUT2D eigenvalue weighted by atomic mass is 16.7. The van der Waals surface area contributed by atoms with Gasteiger partial charge in [-0.2, -0.15) is 5.48 Å². The average Bonchev–Trinajstić information content (AvgIpc) is 2.26. The summed E-state index contributed by atoms with van der Waals surface area (Å²) in [6.07, 6.45) is 0.838. The second kappa shape index (κ2) is 9.49. The zero-order chi connectivity index (χ0) is 12.4. The van der Waals surface area contributed by atoms with E-state index in [1.54, 1.807) is 0 Å². The van der Waals surface area contributed by atoms with Crippen molar-refractivity contribution in [1.29, 1.82) is 0 Å². The Kier molecular flexibility index (Phi) is 9.06. The molecule has 0 radical (unpaired) electrons. The predicted octanol–water partition coefficient (Wildman–Crippen LogP) is -1.56. The summed E-state index contributed by atoms with van der Waals surface area (Å²) in [5.41, 5.74) is 7.62. The zero-order valence-corrected chi connectivity index (χ0v) is 9.13. The fourth-order valence-electron chi connectivity index (χ4n) is 1.02. The molecule has 7 nitrogen and oxygen atoms in total. The second-order valence-corrected chi connectivity index (χ2v) is 3.44. The molecule has 0 aromatic heterocycles. The van der Waals surface area contributed by atoms with E-state index >= 15 is 0 Å². The van der Waals surface area contributed by atoms with Crippen LogP contribution in [0.15, 0.2) is 0 Å². The Bertz CT molecular complexity index is 191. The number of nitrogens with one attached hydrogen (secondary N) is 1. The van der Waals surface area contributed by atoms with E-state index in [-0.39, 0.29) is 6.61 Å². The molecule has 0 aliphatic carbocycles. The van der Waals surface area contributed by atoms with Crippen molar-refractivity contribution in [1.82, 2.24) is 5.48 Å². The standard InChI is InChI=1S/C9H20N2O5/c10-4-2-1-3-8(9(14)15)11-16-6-7(13)5-12/h7-8,11-13H,1-6,10H2,(H,14,15)/t7?,8-/m0/s1. The summed E-state index contributed by atoms with van der Waals surface area (Å²) in [7, 11) is 0. The van der Waals surface area contributed by atoms with Crippen LogP contribution < -0.4 is 11.2 Å². The number of nitrogens with two attached hydrogens (primary N) is 1. The first kappa shape index (κ1) is 15.3. The molecule has 0 aromatic carbocycles. The molecule has 96 valence electrons. The molecule has 6 N–H and O–H groups in total. The van der Waals surface area contributed by atoms with Crippen molar-refractivity contribution in [3.63, 3.8) is 0 Å². The molecule has 0 heterocycles. The maximum absolute atomic E-state index is 10.8. The first-order chi connectivity index (χ1) is 7.61. The van der Waals surface area contributed by atoms with Gasteiger partial charge < -0.3 is 21.1 Å². The number of carboxylic acid groups (broad SMARTS) is 1. The number of carbonyl (C=O) groups is 1. The summed E-state index contributed by atoms with van der Waals surface area (Å²) in [5.74, 6) is -1.02. The highest BCUT2D eigenvalue weighted by Gasteiger charge is 2.17. The molecule has 0 fully saturated rings. The van der Waals surface area contributed by atoms with Crippen molar-refractivity contribution in [2.24, 2.45) is 5.73 Å². The molecule has 0 aliphatic heterocycles. The molecule has 0 saturated carbocycles. The van der Waals surface area contributed by atoms with Gasteiger partial charge in [0.15, 0.2) is 0 Å². The van der Waals surface area contributed by atoms with Crippen LogP contribution in [-0.4, -0.2) is 53.2 Å². The second-order valence-electron chi connectivity index (χ2n) is 3.44. The number of aliphatic carboxylic acids is 1. The van der Waals surface area contributed by atoms with E-state index in [9.17, 15) is 4.79 Å². The minimum Gasteiger partial charge on any atom is -0.480 e. The molecule has 0 amide bonds. The van der Waals surface area contributed by atoms with E-state index < -0.39 is 24.7 Å². The Balaban J connectivity index is 3.72. The van der Waals surface area contributed by atoms with Crippen LogP contribution >= 0.6 is 0 Å². The number of rotatable bonds is 10. The van der Waals surface area contributed by atoms with Crippen LogP contribution in [0.25, 0.3) is 0 Å². The van der Waals surface area contributed by atoms with E-state index in [4.69, 9.17) is 25.9 Å². The number of hydrogen-bond donors (Lipinski definition) is 5. The van der Waals surface area contributed by atoms with Gasteiger partial charge in [-0.25, -0.2) is 0 Å². The number of aliphatic hydroxyl groups is 2. The van der Waals surface area contributed by atoms with Crippen LogP contribution in [0.2, 0.25) is 0 Å². The molecule has 0 saturated heterocycles. The van der Waals surface area contributed by atoms with Gasteiger partial charge in [0, 0.05) is 0 Å². The Hall–Kier alpha value is -0.730. The molecule has 16 heavy (non-hydrogen) atoms. The third kappa shape index (κ3) is 7.55. The number of hydrogen-bond acceptors (Lipinski definition) is 6. The first-order valence-corrected chi connectivity index (χ1v) is 5.21. The summed E-state index contributed by atoms with van der Waals surface area (Å²) < 4.78 is 0. The van der Waals surface area contributed by atoms with Crippen LogP contribution in [0.5, 0.6) is 0 Å². The van der Waals surface area contributed by atoms with Crippen molar-refractivity contribution in [3.8, 4) is 0 Å². The van der Waals surface area contributed by atoms with Gasteiger partial charge in [-0.1, -0.05) is 0 Å². The maximum Gasteiger partial charge on any atom is 0.323 e. The van der Waals surface area contributed by atoms with E-state index in [2.05, 4.69) is 5.48 Å². The highest BCUT2D eigenvalue weighted by Crippen LogP contribution is 2.00. The fraction of sp³-hybridized carbons (Fsp3) is 0.889. The summed E-state index contributed by atoms with van der Waals surface area (Å²) in [6, 6.07) is -0.822. The van der Waals surface area contributed by atoms with Crippen LogP contribution in [0, 0.1) is 0 Å². The van der Waals surface area contributed by atoms with Crippen LogP contribution in [0.1, 0.15) is 19.3 Å². The van der Waals surface area contributed by atoms with Crippen molar-refractivity contribution in [3.05, 3.63) is 0 Å². The molecular weight excluding hydrogens is 216 g/mol. The largest absolute Gasteiger partial charge is 0.480 e. The van der Waals surface area contributed by atoms with Crippen LogP contribution in [0.3, 0.4) is 0 Å². The van der Waals surface area contributed by atoms with Crippen LogP contribution in [-0.2, 0) is 9.63 Å². The molecule has 0 bridgehead atoms. The summed E-state index contributed by atoms with van der Waals surface area (Å²) >= 11 is 0. The molecule has 0 rings (SSSR count). The Labute approximate surface area is 94.2 Å². The minimum atomic E-state index is -1.02. The van der Waals surface area contributed by atoms with E-state index in [1.165, 1.54) is 0 Å². The molecule has 0 aromatic rings. The lowest BCUT2D eigenvalue weighted by Crippen LogP contribution is -2.38. The van der Waals surface area contributed by atoms with Gasteiger partial charge in [0.2, 0.25) is 0 Å². The number of aliphatic hydroxyl groups excluding tert-OH is 2. The molecule has 1 unspecified atom stereocenters. The molecule has 7 heteroatoms. The molecule has 2 atom stereocenters. The van der Waals surface area contributed by atoms with Gasteiger partial charge in [-0.15, -0.1) is 0 Å². The normalized spacial score (nSPS) is 14.7. The number of hydroxylamine groups is 1. The highest BCUT2D eigenvalue weighted by molar-refractivity contribution is 5.73. The first-order valence-electron chi connectivity index (χ1n) is 5.21.